The van der Waals surface area contributed by atoms with Gasteiger partial charge in [0.2, 0.25) is 0 Å². The molecule has 2 fully saturated rings. The van der Waals surface area contributed by atoms with Crippen LogP contribution < -0.4 is 5.32 Å². The predicted octanol–water partition coefficient (Wildman–Crippen LogP) is 2.44. The highest BCUT2D eigenvalue weighted by Crippen LogP contribution is 2.28. The van der Waals surface area contributed by atoms with E-state index < -0.39 is 0 Å². The quantitative estimate of drug-likeness (QED) is 0.877. The molecule has 2 heterocycles. The lowest BCUT2D eigenvalue weighted by Gasteiger charge is -2.33. The monoisotopic (exact) mass is 340 g/mol. The van der Waals surface area contributed by atoms with Crippen LogP contribution in [0.5, 0.6) is 0 Å². The third-order valence-electron chi connectivity index (χ3n) is 5.35. The van der Waals surface area contributed by atoms with Crippen molar-refractivity contribution in [3.05, 3.63) is 47.3 Å². The predicted molar refractivity (Wildman–Crippen MR) is 99.1 cm³/mol. The lowest BCUT2D eigenvalue weighted by molar-refractivity contribution is -0.0301. The number of rotatable bonds is 6. The van der Waals surface area contributed by atoms with Crippen LogP contribution in [0.1, 0.15) is 29.8 Å². The first-order chi connectivity index (χ1) is 12.2. The minimum absolute atomic E-state index is 0.305. The summed E-state index contributed by atoms with van der Waals surface area (Å²) in [6.07, 6.45) is 3.05. The maximum absolute atomic E-state index is 5.93. The lowest BCUT2D eigenvalue weighted by atomic mass is 10.2. The van der Waals surface area contributed by atoms with Crippen LogP contribution in [0.3, 0.4) is 0 Å². The zero-order chi connectivity index (χ0) is 17.2. The number of hydrogen-bond donors (Lipinski definition) is 1. The van der Waals surface area contributed by atoms with Gasteiger partial charge in [-0.3, -0.25) is 4.90 Å². The van der Waals surface area contributed by atoms with Crippen molar-refractivity contribution in [1.29, 1.82) is 0 Å². The topological polar surface area (TPSA) is 42.3 Å². The molecule has 5 heteroatoms. The normalized spacial score (nSPS) is 21.6. The Labute approximate surface area is 150 Å². The van der Waals surface area contributed by atoms with Crippen LogP contribution in [-0.2, 0) is 11.3 Å². The zero-order valence-corrected chi connectivity index (χ0v) is 15.2. The van der Waals surface area contributed by atoms with E-state index in [0.717, 1.165) is 50.2 Å². The smallest absolute Gasteiger partial charge is 0.0826 e. The van der Waals surface area contributed by atoms with Crippen LogP contribution in [0, 0.1) is 13.8 Å². The van der Waals surface area contributed by atoms with Crippen molar-refractivity contribution in [2.75, 3.05) is 26.2 Å². The van der Waals surface area contributed by atoms with Gasteiger partial charge in [-0.15, -0.1) is 0 Å². The van der Waals surface area contributed by atoms with Crippen molar-refractivity contribution in [1.82, 2.24) is 20.0 Å². The van der Waals surface area contributed by atoms with Gasteiger partial charge in [0, 0.05) is 43.5 Å². The number of hydrogen-bond acceptors (Lipinski definition) is 4. The second kappa shape index (κ2) is 7.28. The second-order valence-corrected chi connectivity index (χ2v) is 7.25. The Kier molecular flexibility index (Phi) is 4.88. The van der Waals surface area contributed by atoms with Gasteiger partial charge in [0.25, 0.3) is 0 Å². The maximum atomic E-state index is 5.93. The highest BCUT2D eigenvalue weighted by Gasteiger charge is 2.32. The average Bonchev–Trinajstić information content (AvgIpc) is 3.45. The van der Waals surface area contributed by atoms with E-state index in [9.17, 15) is 0 Å². The number of morpholine rings is 1. The fraction of sp³-hybridized carbons (Fsp3) is 0.550. The fourth-order valence-electron chi connectivity index (χ4n) is 3.75. The van der Waals surface area contributed by atoms with Gasteiger partial charge in [-0.05, 0) is 38.8 Å². The molecule has 4 rings (SSSR count). The van der Waals surface area contributed by atoms with Crippen LogP contribution in [-0.4, -0.2) is 53.1 Å². The first-order valence-electron chi connectivity index (χ1n) is 9.39. The number of nitrogens with one attached hydrogen (secondary N) is 1. The van der Waals surface area contributed by atoms with Gasteiger partial charge in [0.05, 0.1) is 24.1 Å². The number of ether oxygens (including phenoxy) is 1. The van der Waals surface area contributed by atoms with Crippen molar-refractivity contribution in [3.63, 3.8) is 0 Å². The number of nitrogens with zero attached hydrogens (tertiary/aromatic N) is 3. The standard InChI is InChI=1S/C20H28N4O/c1-15-20(16(2)24(22-15)18-6-4-3-5-7-18)13-21-12-19-14-23(10-11-25-19)17-8-9-17/h3-7,17,19,21H,8-14H2,1-2H3. The third-order valence-corrected chi connectivity index (χ3v) is 5.35. The van der Waals surface area contributed by atoms with Crippen molar-refractivity contribution in [3.8, 4) is 5.69 Å². The van der Waals surface area contributed by atoms with E-state index in [1.807, 2.05) is 10.7 Å². The molecule has 1 saturated carbocycles. The molecule has 25 heavy (non-hydrogen) atoms. The van der Waals surface area contributed by atoms with Crippen molar-refractivity contribution >= 4 is 0 Å². The van der Waals surface area contributed by atoms with Gasteiger partial charge < -0.3 is 10.1 Å². The minimum Gasteiger partial charge on any atom is -0.374 e. The molecule has 1 aliphatic carbocycles. The minimum atomic E-state index is 0.305. The number of aryl methyl sites for hydroxylation is 1. The molecule has 0 spiro atoms. The lowest BCUT2D eigenvalue weighted by Crippen LogP contribution is -2.47. The summed E-state index contributed by atoms with van der Waals surface area (Å²) in [4.78, 5) is 2.60. The molecular formula is C20H28N4O. The van der Waals surface area contributed by atoms with Crippen molar-refractivity contribution in [2.24, 2.45) is 0 Å². The highest BCUT2D eigenvalue weighted by atomic mass is 16.5. The van der Waals surface area contributed by atoms with E-state index in [4.69, 9.17) is 9.84 Å². The van der Waals surface area contributed by atoms with Gasteiger partial charge in [0.1, 0.15) is 0 Å². The largest absolute Gasteiger partial charge is 0.374 e. The summed E-state index contributed by atoms with van der Waals surface area (Å²) in [5.41, 5.74) is 4.71. The van der Waals surface area contributed by atoms with Gasteiger partial charge in [-0.25, -0.2) is 4.68 Å². The third kappa shape index (κ3) is 3.78. The molecule has 2 aliphatic rings. The van der Waals surface area contributed by atoms with E-state index in [2.05, 4.69) is 48.3 Å². The second-order valence-electron chi connectivity index (χ2n) is 7.25. The molecule has 1 aromatic carbocycles. The molecule has 1 aliphatic heterocycles. The molecule has 1 saturated heterocycles. The molecule has 5 nitrogen and oxygen atoms in total. The number of para-hydroxylation sites is 1. The molecule has 0 bridgehead atoms. The first kappa shape index (κ1) is 16.8. The summed E-state index contributed by atoms with van der Waals surface area (Å²) in [6.45, 7) is 9.02. The highest BCUT2D eigenvalue weighted by molar-refractivity contribution is 5.36. The number of aromatic nitrogens is 2. The summed E-state index contributed by atoms with van der Waals surface area (Å²) in [6, 6.07) is 11.2. The summed E-state index contributed by atoms with van der Waals surface area (Å²) in [5, 5.41) is 8.32. The SMILES string of the molecule is Cc1nn(-c2ccccc2)c(C)c1CNCC1CN(C2CC2)CCO1. The maximum Gasteiger partial charge on any atom is 0.0826 e. The van der Waals surface area contributed by atoms with Crippen LogP contribution >= 0.6 is 0 Å². The van der Waals surface area contributed by atoms with E-state index in [0.29, 0.717) is 6.10 Å². The fourth-order valence-corrected chi connectivity index (χ4v) is 3.75. The average molecular weight is 340 g/mol. The summed E-state index contributed by atoms with van der Waals surface area (Å²) < 4.78 is 7.97. The number of benzene rings is 1. The Morgan fingerprint density at radius 3 is 2.76 bits per heavy atom. The van der Waals surface area contributed by atoms with Gasteiger partial charge in [-0.2, -0.15) is 5.10 Å². The van der Waals surface area contributed by atoms with E-state index in [-0.39, 0.29) is 0 Å². The summed E-state index contributed by atoms with van der Waals surface area (Å²) >= 11 is 0. The molecule has 1 unspecified atom stereocenters. The first-order valence-corrected chi connectivity index (χ1v) is 9.39. The molecule has 1 atom stereocenters. The zero-order valence-electron chi connectivity index (χ0n) is 15.2. The van der Waals surface area contributed by atoms with Gasteiger partial charge >= 0.3 is 0 Å². The Hall–Kier alpha value is -1.69. The Bertz CT molecular complexity index is 708. The molecule has 134 valence electrons. The van der Waals surface area contributed by atoms with Crippen LogP contribution in [0.2, 0.25) is 0 Å². The Morgan fingerprint density at radius 1 is 1.20 bits per heavy atom. The summed E-state index contributed by atoms with van der Waals surface area (Å²) in [5.74, 6) is 0. The van der Waals surface area contributed by atoms with Crippen LogP contribution in [0.15, 0.2) is 30.3 Å². The van der Waals surface area contributed by atoms with Crippen LogP contribution in [0.25, 0.3) is 5.69 Å². The molecule has 0 amide bonds. The summed E-state index contributed by atoms with van der Waals surface area (Å²) in [7, 11) is 0. The van der Waals surface area contributed by atoms with Crippen molar-refractivity contribution < 1.29 is 4.74 Å². The van der Waals surface area contributed by atoms with Gasteiger partial charge in [-0.1, -0.05) is 18.2 Å². The van der Waals surface area contributed by atoms with Gasteiger partial charge in [0.15, 0.2) is 0 Å². The Balaban J connectivity index is 1.36. The molecule has 1 N–H and O–H groups in total. The van der Waals surface area contributed by atoms with Crippen LogP contribution in [0.4, 0.5) is 0 Å². The van der Waals surface area contributed by atoms with E-state index in [1.165, 1.54) is 24.1 Å². The Morgan fingerprint density at radius 2 is 2.00 bits per heavy atom. The molecular weight excluding hydrogens is 312 g/mol. The molecule has 0 radical (unpaired) electrons. The van der Waals surface area contributed by atoms with Crippen molar-refractivity contribution in [2.45, 2.75) is 45.4 Å². The molecule has 2 aromatic rings. The van der Waals surface area contributed by atoms with E-state index >= 15 is 0 Å². The molecule has 1 aromatic heterocycles. The van der Waals surface area contributed by atoms with E-state index in [1.54, 1.807) is 0 Å².